The number of fused-ring (bicyclic) bond motifs is 3. The molecular weight excluding hydrogens is 352 g/mol. The molecular formula is C27H38N2. The van der Waals surface area contributed by atoms with Crippen molar-refractivity contribution in [3.63, 3.8) is 0 Å². The summed E-state index contributed by atoms with van der Waals surface area (Å²) in [5, 5.41) is 2.78. The zero-order valence-corrected chi connectivity index (χ0v) is 19.2. The zero-order valence-electron chi connectivity index (χ0n) is 19.2. The Kier molecular flexibility index (Phi) is 7.64. The minimum Gasteiger partial charge on any atom is -0.254 e. The Morgan fingerprint density at radius 3 is 1.79 bits per heavy atom. The average molecular weight is 391 g/mol. The number of pyridine rings is 2. The standard InChI is InChI=1S/C27H38N2/c1-6-12-19-21(14-8-3)25-22(15-9-4)20(13-7-2)24(16-10-5)29-27(25)26-23(19)17-11-18-28-26/h11,17-18H,6-10,12-16H2,1-5H3. The van der Waals surface area contributed by atoms with Crippen molar-refractivity contribution in [3.05, 3.63) is 46.3 Å². The van der Waals surface area contributed by atoms with E-state index in [2.05, 4.69) is 46.8 Å². The first kappa shape index (κ1) is 21.7. The number of aromatic nitrogens is 2. The molecule has 0 radical (unpaired) electrons. The topological polar surface area (TPSA) is 25.8 Å². The Bertz CT molecular complexity index is 972. The van der Waals surface area contributed by atoms with Crippen LogP contribution in [0.3, 0.4) is 0 Å². The van der Waals surface area contributed by atoms with Crippen LogP contribution in [0, 0.1) is 0 Å². The van der Waals surface area contributed by atoms with E-state index in [9.17, 15) is 0 Å². The second kappa shape index (κ2) is 10.2. The van der Waals surface area contributed by atoms with E-state index in [-0.39, 0.29) is 0 Å². The van der Waals surface area contributed by atoms with Gasteiger partial charge in [0.15, 0.2) is 0 Å². The minimum absolute atomic E-state index is 1.07. The van der Waals surface area contributed by atoms with Gasteiger partial charge in [-0.25, -0.2) is 0 Å². The van der Waals surface area contributed by atoms with E-state index in [1.54, 1.807) is 16.7 Å². The highest BCUT2D eigenvalue weighted by atomic mass is 14.8. The SMILES string of the molecule is CCCc1nc2c(c(CCC)c1CCC)c(CCC)c(CCC)c1cccnc12. The van der Waals surface area contributed by atoms with E-state index >= 15 is 0 Å². The first-order valence-corrected chi connectivity index (χ1v) is 11.9. The first-order valence-electron chi connectivity index (χ1n) is 11.9. The molecule has 0 fully saturated rings. The van der Waals surface area contributed by atoms with Gasteiger partial charge in [0.2, 0.25) is 0 Å². The van der Waals surface area contributed by atoms with Gasteiger partial charge in [-0.1, -0.05) is 72.8 Å². The van der Waals surface area contributed by atoms with E-state index in [4.69, 9.17) is 9.97 Å². The van der Waals surface area contributed by atoms with Crippen LogP contribution < -0.4 is 0 Å². The molecule has 156 valence electrons. The summed E-state index contributed by atoms with van der Waals surface area (Å²) in [6.45, 7) is 11.5. The second-order valence-corrected chi connectivity index (χ2v) is 8.35. The summed E-state index contributed by atoms with van der Waals surface area (Å²) >= 11 is 0. The Morgan fingerprint density at radius 2 is 1.17 bits per heavy atom. The van der Waals surface area contributed by atoms with Gasteiger partial charge in [0.05, 0.1) is 11.0 Å². The first-order chi connectivity index (χ1) is 14.2. The summed E-state index contributed by atoms with van der Waals surface area (Å²) < 4.78 is 0. The predicted molar refractivity (Wildman–Crippen MR) is 127 cm³/mol. The van der Waals surface area contributed by atoms with E-state index in [0.717, 1.165) is 49.6 Å². The normalized spacial score (nSPS) is 11.6. The molecule has 3 rings (SSSR count). The molecule has 0 aliphatic heterocycles. The van der Waals surface area contributed by atoms with Crippen molar-refractivity contribution in [2.24, 2.45) is 0 Å². The summed E-state index contributed by atoms with van der Waals surface area (Å²) in [7, 11) is 0. The molecule has 29 heavy (non-hydrogen) atoms. The molecule has 2 nitrogen and oxygen atoms in total. The lowest BCUT2D eigenvalue weighted by Gasteiger charge is -2.22. The van der Waals surface area contributed by atoms with Crippen molar-refractivity contribution in [1.82, 2.24) is 9.97 Å². The summed E-state index contributed by atoms with van der Waals surface area (Å²) in [5.74, 6) is 0. The molecule has 0 saturated heterocycles. The third-order valence-corrected chi connectivity index (χ3v) is 6.01. The van der Waals surface area contributed by atoms with Crippen molar-refractivity contribution >= 4 is 21.8 Å². The van der Waals surface area contributed by atoms with Crippen LogP contribution in [0.5, 0.6) is 0 Å². The molecule has 2 heterocycles. The third-order valence-electron chi connectivity index (χ3n) is 6.01. The van der Waals surface area contributed by atoms with Crippen LogP contribution in [0.4, 0.5) is 0 Å². The van der Waals surface area contributed by atoms with E-state index in [1.807, 2.05) is 6.20 Å². The molecule has 0 bridgehead atoms. The molecule has 0 aliphatic carbocycles. The second-order valence-electron chi connectivity index (χ2n) is 8.35. The lowest BCUT2D eigenvalue weighted by Crippen LogP contribution is -2.09. The number of hydrogen-bond acceptors (Lipinski definition) is 2. The maximum Gasteiger partial charge on any atom is 0.0973 e. The predicted octanol–water partition coefficient (Wildman–Crippen LogP) is 7.55. The van der Waals surface area contributed by atoms with Crippen LogP contribution >= 0.6 is 0 Å². The lowest BCUT2D eigenvalue weighted by atomic mass is 9.85. The highest BCUT2D eigenvalue weighted by Crippen LogP contribution is 2.37. The maximum atomic E-state index is 5.34. The number of hydrogen-bond donors (Lipinski definition) is 0. The van der Waals surface area contributed by atoms with Gasteiger partial charge in [0, 0.05) is 22.7 Å². The number of benzene rings is 1. The van der Waals surface area contributed by atoms with Gasteiger partial charge in [0.1, 0.15) is 0 Å². The van der Waals surface area contributed by atoms with Crippen molar-refractivity contribution in [2.45, 2.75) is 98.8 Å². The fourth-order valence-corrected chi connectivity index (χ4v) is 4.95. The fraction of sp³-hybridized carbons (Fsp3) is 0.556. The third kappa shape index (κ3) is 4.17. The van der Waals surface area contributed by atoms with Crippen molar-refractivity contribution < 1.29 is 0 Å². The highest BCUT2D eigenvalue weighted by molar-refractivity contribution is 6.08. The Labute approximate surface area is 177 Å². The zero-order chi connectivity index (χ0) is 20.8. The summed E-state index contributed by atoms with van der Waals surface area (Å²) in [4.78, 5) is 10.2. The summed E-state index contributed by atoms with van der Waals surface area (Å²) in [6, 6.07) is 4.36. The van der Waals surface area contributed by atoms with Crippen molar-refractivity contribution in [3.8, 4) is 0 Å². The van der Waals surface area contributed by atoms with Crippen LogP contribution in [0.15, 0.2) is 18.3 Å². The van der Waals surface area contributed by atoms with Crippen LogP contribution in [0.25, 0.3) is 21.8 Å². The molecule has 0 N–H and O–H groups in total. The van der Waals surface area contributed by atoms with Gasteiger partial charge in [-0.15, -0.1) is 0 Å². The molecule has 3 aromatic rings. The fourth-order valence-electron chi connectivity index (χ4n) is 4.95. The number of rotatable bonds is 10. The monoisotopic (exact) mass is 390 g/mol. The largest absolute Gasteiger partial charge is 0.254 e. The molecule has 0 aliphatic rings. The molecule has 1 aromatic carbocycles. The number of nitrogens with zero attached hydrogens (tertiary/aromatic N) is 2. The minimum atomic E-state index is 1.07. The number of aryl methyl sites for hydroxylation is 4. The van der Waals surface area contributed by atoms with Gasteiger partial charge in [-0.2, -0.15) is 0 Å². The Hall–Kier alpha value is -1.96. The van der Waals surface area contributed by atoms with E-state index < -0.39 is 0 Å². The van der Waals surface area contributed by atoms with Crippen LogP contribution in [0.1, 0.15) is 94.7 Å². The molecule has 0 spiro atoms. The molecule has 2 aromatic heterocycles. The van der Waals surface area contributed by atoms with Crippen LogP contribution in [-0.2, 0) is 32.1 Å². The molecule has 0 amide bonds. The molecule has 0 saturated carbocycles. The van der Waals surface area contributed by atoms with E-state index in [1.165, 1.54) is 47.7 Å². The van der Waals surface area contributed by atoms with Crippen LogP contribution in [0.2, 0.25) is 0 Å². The Balaban J connectivity index is 2.55. The van der Waals surface area contributed by atoms with Gasteiger partial charge in [0.25, 0.3) is 0 Å². The van der Waals surface area contributed by atoms with Crippen LogP contribution in [-0.4, -0.2) is 9.97 Å². The van der Waals surface area contributed by atoms with Crippen molar-refractivity contribution in [2.75, 3.05) is 0 Å². The smallest absolute Gasteiger partial charge is 0.0973 e. The maximum absolute atomic E-state index is 5.34. The Morgan fingerprint density at radius 1 is 0.621 bits per heavy atom. The molecule has 2 heteroatoms. The van der Waals surface area contributed by atoms with E-state index in [0.29, 0.717) is 0 Å². The highest BCUT2D eigenvalue weighted by Gasteiger charge is 2.21. The molecule has 0 unspecified atom stereocenters. The summed E-state index contributed by atoms with van der Waals surface area (Å²) in [6.07, 6.45) is 13.4. The lowest BCUT2D eigenvalue weighted by molar-refractivity contribution is 0.806. The van der Waals surface area contributed by atoms with Gasteiger partial charge >= 0.3 is 0 Å². The van der Waals surface area contributed by atoms with Gasteiger partial charge in [-0.05, 0) is 60.4 Å². The quantitative estimate of drug-likeness (QED) is 0.334. The van der Waals surface area contributed by atoms with Gasteiger partial charge < -0.3 is 0 Å². The average Bonchev–Trinajstić information content (AvgIpc) is 2.73. The van der Waals surface area contributed by atoms with Gasteiger partial charge in [-0.3, -0.25) is 9.97 Å². The van der Waals surface area contributed by atoms with Crippen molar-refractivity contribution in [1.29, 1.82) is 0 Å². The molecule has 0 atom stereocenters. The summed E-state index contributed by atoms with van der Waals surface area (Å²) in [5.41, 5.74) is 9.80.